The number of H-pyrrole nitrogens is 1. The average molecular weight is 1040 g/mol. The molecule has 1 aromatic heterocycles. The molecule has 384 valence electrons. The van der Waals surface area contributed by atoms with Gasteiger partial charge in [0.1, 0.15) is 29.4 Å². The van der Waals surface area contributed by atoms with Crippen LogP contribution in [0.15, 0.2) is 79.6 Å². The van der Waals surface area contributed by atoms with Crippen LogP contribution in [0.3, 0.4) is 0 Å². The summed E-state index contributed by atoms with van der Waals surface area (Å²) in [7, 11) is -4.60. The lowest BCUT2D eigenvalue weighted by Crippen LogP contribution is -2.41. The molecular formula is C48H54N5O17PS. The van der Waals surface area contributed by atoms with Gasteiger partial charge < -0.3 is 29.4 Å². The summed E-state index contributed by atoms with van der Waals surface area (Å²) in [5, 5.41) is 30.3. The minimum absolute atomic E-state index is 0.00231. The molecule has 0 bridgehead atoms. The summed E-state index contributed by atoms with van der Waals surface area (Å²) in [4.78, 5) is 113. The number of thioether (sulfide) groups is 1. The van der Waals surface area contributed by atoms with Crippen molar-refractivity contribution >= 4 is 60.2 Å². The maximum absolute atomic E-state index is 13.2. The number of rotatable bonds is 23. The number of nitrogens with zero attached hydrogens (tertiary/aromatic N) is 2. The minimum Gasteiger partial charge on any atom is -0.508 e. The van der Waals surface area contributed by atoms with Gasteiger partial charge in [-0.25, -0.2) is 14.2 Å². The van der Waals surface area contributed by atoms with Gasteiger partial charge in [0.25, 0.3) is 11.5 Å². The van der Waals surface area contributed by atoms with Crippen LogP contribution < -0.4 is 27.5 Å². The van der Waals surface area contributed by atoms with Gasteiger partial charge in [-0.15, -0.1) is 11.8 Å². The molecule has 22 nitrogen and oxygen atoms in total. The topological polar surface area (TPSA) is 323 Å². The van der Waals surface area contributed by atoms with Crippen LogP contribution in [0.1, 0.15) is 103 Å². The quantitative estimate of drug-likeness (QED) is 0.0153. The largest absolute Gasteiger partial charge is 0.508 e. The van der Waals surface area contributed by atoms with Gasteiger partial charge in [0.05, 0.1) is 30.1 Å². The number of aliphatic hydroxyl groups excluding tert-OH is 1. The van der Waals surface area contributed by atoms with E-state index in [1.54, 1.807) is 6.07 Å². The molecule has 2 aromatic carbocycles. The number of aromatic hydroxyl groups is 1. The molecule has 2 fully saturated rings. The van der Waals surface area contributed by atoms with Gasteiger partial charge in [0, 0.05) is 77.5 Å². The Hall–Kier alpha value is -6.46. The van der Waals surface area contributed by atoms with Crippen LogP contribution in [0.25, 0.3) is 33.4 Å². The molecule has 5 unspecified atom stereocenters. The van der Waals surface area contributed by atoms with Crippen LogP contribution in [-0.2, 0) is 32.7 Å². The highest BCUT2D eigenvalue weighted by atomic mass is 32.2. The lowest BCUT2D eigenvalue weighted by atomic mass is 9.89. The second-order valence-electron chi connectivity index (χ2n) is 17.4. The van der Waals surface area contributed by atoms with Gasteiger partial charge >= 0.3 is 19.5 Å². The van der Waals surface area contributed by atoms with Crippen LogP contribution in [-0.4, -0.2) is 107 Å². The summed E-state index contributed by atoms with van der Waals surface area (Å²) in [6.45, 7) is 0.986. The first kappa shape index (κ1) is 53.3. The number of carboxylic acid groups (broad SMARTS) is 1. The number of hydrogen-bond acceptors (Lipinski definition) is 16. The number of amides is 4. The fraction of sp³-hybridized carbons (Fsp3) is 0.417. The zero-order chi connectivity index (χ0) is 51.7. The standard InChI is InChI=1S/C48H54N5O17PS/c1-27-25-53(48(64)49-44(27)59)42-23-35(56)38(70-42)26-68-71(65,66)67-18-19-72-39-24-41(58)52(46(39)61)17-9-7-5-3-2-4-6-8-10-40(57)50-51-45(60)28-11-14-31(47(62)63)34(20-28)43-32-15-12-29(54)21-36(32)69-37-22-30(55)13-16-33(37)43/h11-16,20-22,25,35,38-39,42,54,56H,2-10,17-19,23-24,26H2,1H3,(H,50,57)(H,51,60)(H,62,63)(H,65,66)(H,49,59,64). The summed E-state index contributed by atoms with van der Waals surface area (Å²) in [6, 6.07) is 12.3. The Morgan fingerprint density at radius 2 is 1.64 bits per heavy atom. The Bertz CT molecular complexity index is 3050. The molecule has 3 aromatic rings. The van der Waals surface area contributed by atoms with E-state index in [-0.39, 0.29) is 94.8 Å². The normalized spacial score (nSPS) is 18.7. The number of ether oxygens (including phenoxy) is 1. The lowest BCUT2D eigenvalue weighted by Gasteiger charge is -2.18. The molecule has 0 radical (unpaired) electrons. The van der Waals surface area contributed by atoms with Crippen molar-refractivity contribution in [1.82, 2.24) is 25.3 Å². The van der Waals surface area contributed by atoms with Crippen LogP contribution in [0.2, 0.25) is 0 Å². The number of phenolic OH excluding ortho intramolecular Hbond substituents is 1. The monoisotopic (exact) mass is 1040 g/mol. The lowest BCUT2D eigenvalue weighted by molar-refractivity contribution is -0.138. The second kappa shape index (κ2) is 23.8. The van der Waals surface area contributed by atoms with E-state index in [1.165, 1.54) is 66.6 Å². The number of aliphatic hydroxyl groups is 1. The van der Waals surface area contributed by atoms with Crippen molar-refractivity contribution in [3.8, 4) is 28.2 Å². The summed E-state index contributed by atoms with van der Waals surface area (Å²) in [5.74, 6) is -2.83. The molecule has 0 saturated carbocycles. The van der Waals surface area contributed by atoms with Gasteiger partial charge in [-0.05, 0) is 67.8 Å². The van der Waals surface area contributed by atoms with Gasteiger partial charge in [-0.1, -0.05) is 38.5 Å². The molecule has 4 aliphatic rings. The van der Waals surface area contributed by atoms with E-state index in [0.29, 0.717) is 29.4 Å². The number of unbranched alkanes of at least 4 members (excludes halogenated alkanes) is 7. The number of phenols is 1. The first-order chi connectivity index (χ1) is 34.4. The fourth-order valence-electron chi connectivity index (χ4n) is 8.51. The number of benzene rings is 3. The number of phosphoric acid groups is 1. The number of aromatic nitrogens is 2. The maximum atomic E-state index is 13.2. The van der Waals surface area contributed by atoms with Gasteiger partial charge in [0.15, 0.2) is 5.43 Å². The molecule has 4 heterocycles. The number of likely N-dealkylation sites (tertiary alicyclic amines) is 1. The van der Waals surface area contributed by atoms with Crippen molar-refractivity contribution in [2.24, 2.45) is 0 Å². The molecular weight excluding hydrogens is 982 g/mol. The zero-order valence-electron chi connectivity index (χ0n) is 39.0. The molecule has 7 rings (SSSR count). The van der Waals surface area contributed by atoms with Crippen LogP contribution in [0.4, 0.5) is 0 Å². The number of aromatic amines is 1. The third kappa shape index (κ3) is 13.3. The van der Waals surface area contributed by atoms with Crippen LogP contribution in [0, 0.1) is 6.92 Å². The Labute approximate surface area is 414 Å². The number of nitrogens with one attached hydrogen (secondary N) is 3. The fourth-order valence-corrected chi connectivity index (χ4v) is 10.4. The van der Waals surface area contributed by atoms with Crippen molar-refractivity contribution in [3.63, 3.8) is 0 Å². The number of phosphoric ester groups is 1. The van der Waals surface area contributed by atoms with Crippen molar-refractivity contribution in [1.29, 1.82) is 0 Å². The summed E-state index contributed by atoms with van der Waals surface area (Å²) in [6.07, 6.45) is 4.63. The summed E-state index contributed by atoms with van der Waals surface area (Å²) >= 11 is 1.13. The maximum Gasteiger partial charge on any atom is 0.472 e. The minimum atomic E-state index is -4.60. The molecule has 2 saturated heterocycles. The van der Waals surface area contributed by atoms with Gasteiger partial charge in [-0.2, -0.15) is 0 Å². The highest BCUT2D eigenvalue weighted by Crippen LogP contribution is 2.45. The van der Waals surface area contributed by atoms with Crippen LogP contribution >= 0.6 is 19.6 Å². The highest BCUT2D eigenvalue weighted by Gasteiger charge is 2.40. The van der Waals surface area contributed by atoms with Crippen LogP contribution in [0.5, 0.6) is 5.75 Å². The van der Waals surface area contributed by atoms with E-state index in [2.05, 4.69) is 15.8 Å². The predicted octanol–water partition coefficient (Wildman–Crippen LogP) is 4.74. The molecule has 3 aliphatic heterocycles. The SMILES string of the molecule is Cc1cn(C2CC(O)C(COP(=O)(O)OCCSC3CC(=O)N(CCCCCCCCCCC(=O)NNC(=O)c4ccc(C(=O)O)c(-c5c6ccc(=O)cc-6oc6cc(O)ccc56)c4)C3=O)O2)c(=O)[nH]c1=O. The second-order valence-corrected chi connectivity index (χ2v) is 20.2. The molecule has 1 aliphatic carbocycles. The number of imide groups is 1. The number of carbonyl (C=O) groups is 5. The number of aryl methyl sites for hydroxylation is 1. The van der Waals surface area contributed by atoms with E-state index >= 15 is 0 Å². The number of carboxylic acids is 1. The third-order valence-corrected chi connectivity index (χ3v) is 14.4. The van der Waals surface area contributed by atoms with E-state index in [4.69, 9.17) is 18.2 Å². The molecule has 0 spiro atoms. The number of fused-ring (bicyclic) bond motifs is 2. The third-order valence-electron chi connectivity index (χ3n) is 12.2. The number of hydrazine groups is 1. The molecule has 24 heteroatoms. The first-order valence-corrected chi connectivity index (χ1v) is 25.8. The average Bonchev–Trinajstić information content (AvgIpc) is 3.84. The molecule has 72 heavy (non-hydrogen) atoms. The Morgan fingerprint density at radius 3 is 2.39 bits per heavy atom. The highest BCUT2D eigenvalue weighted by molar-refractivity contribution is 8.00. The molecule has 5 atom stereocenters. The van der Waals surface area contributed by atoms with E-state index in [9.17, 15) is 63.1 Å². The van der Waals surface area contributed by atoms with Crippen molar-refractivity contribution in [2.45, 2.75) is 101 Å². The van der Waals surface area contributed by atoms with Gasteiger partial charge in [-0.3, -0.25) is 63.1 Å². The van der Waals surface area contributed by atoms with Gasteiger partial charge in [0.2, 0.25) is 17.7 Å². The predicted molar refractivity (Wildman–Crippen MR) is 260 cm³/mol. The van der Waals surface area contributed by atoms with Crippen molar-refractivity contribution in [2.75, 3.05) is 25.5 Å². The first-order valence-electron chi connectivity index (χ1n) is 23.3. The number of hydrogen-bond donors (Lipinski definition) is 7. The number of aromatic carboxylic acids is 1. The molecule has 4 amide bonds. The zero-order valence-corrected chi connectivity index (χ0v) is 40.7. The summed E-state index contributed by atoms with van der Waals surface area (Å²) < 4.78 is 35.2. The number of carbonyl (C=O) groups excluding carboxylic acids is 4. The molecule has 7 N–H and O–H groups in total. The smallest absolute Gasteiger partial charge is 0.472 e. The van der Waals surface area contributed by atoms with Crippen molar-refractivity contribution < 1.29 is 67.0 Å². The summed E-state index contributed by atoms with van der Waals surface area (Å²) in [5.41, 5.74) is 4.45. The van der Waals surface area contributed by atoms with Crippen molar-refractivity contribution in [3.05, 3.63) is 109 Å². The Balaban J connectivity index is 0.746. The van der Waals surface area contributed by atoms with E-state index < -0.39 is 67.1 Å². The van der Waals surface area contributed by atoms with E-state index in [0.717, 1.165) is 54.9 Å². The Kier molecular flexibility index (Phi) is 17.7. The Morgan fingerprint density at radius 1 is 0.903 bits per heavy atom. The van der Waals surface area contributed by atoms with E-state index in [1.807, 2.05) is 0 Å².